The summed E-state index contributed by atoms with van der Waals surface area (Å²) in [5.74, 6) is 0. The fourth-order valence-electron chi connectivity index (χ4n) is 8.31. The quantitative estimate of drug-likeness (QED) is 0.213. The minimum atomic E-state index is -2.83. The molecule has 2 aromatic heterocycles. The molecule has 0 amide bonds. The highest BCUT2D eigenvalue weighted by Gasteiger charge is 2.51. The number of fused-ring (bicyclic) bond motifs is 5. The van der Waals surface area contributed by atoms with Crippen LogP contribution in [0.5, 0.6) is 0 Å². The van der Waals surface area contributed by atoms with E-state index in [1.165, 1.54) is 65.2 Å². The molecular formula is C42H36N4Si. The van der Waals surface area contributed by atoms with E-state index in [2.05, 4.69) is 175 Å². The lowest BCUT2D eigenvalue weighted by Gasteiger charge is -2.46. The van der Waals surface area contributed by atoms with Crippen molar-refractivity contribution in [3.05, 3.63) is 163 Å². The number of hydrogen-bond acceptors (Lipinski definition) is 3. The Balaban J connectivity index is 1.35. The zero-order chi connectivity index (χ0) is 31.8. The molecule has 0 spiro atoms. The first kappa shape index (κ1) is 27.9. The van der Waals surface area contributed by atoms with E-state index in [1.54, 1.807) is 0 Å². The van der Waals surface area contributed by atoms with E-state index in [1.807, 2.05) is 12.3 Å². The summed E-state index contributed by atoms with van der Waals surface area (Å²) in [5, 5.41) is 7.89. The van der Waals surface area contributed by atoms with Crippen molar-refractivity contribution in [1.82, 2.24) is 14.5 Å². The third-order valence-corrected chi connectivity index (χ3v) is 15.2. The Bertz CT molecular complexity index is 2300. The number of hydrogen-bond donors (Lipinski definition) is 0. The normalized spacial score (nSPS) is 16.1. The molecule has 0 atom stereocenters. The summed E-state index contributed by atoms with van der Waals surface area (Å²) < 4.78 is 2.46. The van der Waals surface area contributed by atoms with E-state index in [4.69, 9.17) is 4.98 Å². The van der Waals surface area contributed by atoms with Crippen LogP contribution in [0.4, 0.5) is 5.69 Å². The molecule has 0 radical (unpaired) electrons. The minimum absolute atomic E-state index is 0.128. The molecular weight excluding hydrogens is 589 g/mol. The lowest BCUT2D eigenvalue weighted by Crippen LogP contribution is -2.79. The molecule has 4 nitrogen and oxygen atoms in total. The predicted molar refractivity (Wildman–Crippen MR) is 199 cm³/mol. The van der Waals surface area contributed by atoms with E-state index in [-0.39, 0.29) is 5.41 Å². The third kappa shape index (κ3) is 3.96. The van der Waals surface area contributed by atoms with Crippen LogP contribution in [-0.4, -0.2) is 36.2 Å². The van der Waals surface area contributed by atoms with Crippen LogP contribution in [-0.2, 0) is 5.41 Å². The molecule has 228 valence electrons. The summed E-state index contributed by atoms with van der Waals surface area (Å²) in [6.45, 7) is 5.59. The van der Waals surface area contributed by atoms with Gasteiger partial charge in [-0.15, -0.1) is 0 Å². The van der Waals surface area contributed by atoms with Gasteiger partial charge in [-0.05, 0) is 69.2 Å². The topological polar surface area (TPSA) is 24.3 Å². The maximum atomic E-state index is 5.19. The van der Waals surface area contributed by atoms with Crippen molar-refractivity contribution in [3.63, 3.8) is 0 Å². The largest absolute Gasteiger partial charge is 0.361 e. The number of nitrogens with zero attached hydrogens (tertiary/aromatic N) is 4. The van der Waals surface area contributed by atoms with E-state index >= 15 is 0 Å². The first-order valence-electron chi connectivity index (χ1n) is 16.4. The third-order valence-electron chi connectivity index (χ3n) is 10.5. The monoisotopic (exact) mass is 624 g/mol. The summed E-state index contributed by atoms with van der Waals surface area (Å²) in [5.41, 5.74) is 7.45. The lowest BCUT2D eigenvalue weighted by molar-refractivity contribution is 0.496. The highest BCUT2D eigenvalue weighted by Crippen LogP contribution is 2.37. The van der Waals surface area contributed by atoms with Gasteiger partial charge < -0.3 is 14.4 Å². The molecule has 0 saturated carbocycles. The molecule has 0 aliphatic carbocycles. The van der Waals surface area contributed by atoms with Crippen molar-refractivity contribution < 1.29 is 0 Å². The summed E-state index contributed by atoms with van der Waals surface area (Å²) in [6.07, 6.45) is 6.26. The standard InChI is InChI=1S/C42H36N4Si/c1-42(2)35-16-5-8-19-39(35)47(41-21-10-11-24-43-41,40-20-9-6-17-36(40)42)32-14-12-13-31(27-32)46-37-18-7-4-15-33(37)34-23-22-30(28-38(34)46)45-26-25-44(3)29-45/h4-28H,29H2,1-3H3. The van der Waals surface area contributed by atoms with Crippen LogP contribution < -0.4 is 25.8 Å². The van der Waals surface area contributed by atoms with Crippen LogP contribution in [0.2, 0.25) is 0 Å². The second-order valence-corrected chi connectivity index (χ2v) is 17.1. The second-order valence-electron chi connectivity index (χ2n) is 13.5. The predicted octanol–water partition coefficient (Wildman–Crippen LogP) is 6.38. The van der Waals surface area contributed by atoms with Crippen molar-refractivity contribution in [3.8, 4) is 5.69 Å². The van der Waals surface area contributed by atoms with Crippen LogP contribution in [0.3, 0.4) is 0 Å². The Labute approximate surface area is 276 Å². The van der Waals surface area contributed by atoms with Gasteiger partial charge in [-0.25, -0.2) is 0 Å². The fraction of sp³-hybridized carbons (Fsp3) is 0.119. The minimum Gasteiger partial charge on any atom is -0.361 e. The van der Waals surface area contributed by atoms with Gasteiger partial charge in [0.1, 0.15) is 0 Å². The van der Waals surface area contributed by atoms with Gasteiger partial charge in [0.05, 0.1) is 17.7 Å². The van der Waals surface area contributed by atoms with Gasteiger partial charge in [0.2, 0.25) is 8.07 Å². The first-order chi connectivity index (χ1) is 23.0. The molecule has 0 saturated heterocycles. The zero-order valence-electron chi connectivity index (χ0n) is 26.9. The molecule has 5 heteroatoms. The lowest BCUT2D eigenvalue weighted by atomic mass is 9.77. The molecule has 47 heavy (non-hydrogen) atoms. The molecule has 0 fully saturated rings. The zero-order valence-corrected chi connectivity index (χ0v) is 27.9. The van der Waals surface area contributed by atoms with Gasteiger partial charge in [0.15, 0.2) is 0 Å². The molecule has 0 bridgehead atoms. The van der Waals surface area contributed by atoms with Crippen LogP contribution in [0, 0.1) is 0 Å². The van der Waals surface area contributed by atoms with Gasteiger partial charge in [-0.1, -0.05) is 105 Å². The van der Waals surface area contributed by atoms with Gasteiger partial charge in [0.25, 0.3) is 0 Å². The Kier molecular flexibility index (Phi) is 6.12. The average Bonchev–Trinajstić information content (AvgIpc) is 3.70. The van der Waals surface area contributed by atoms with Crippen molar-refractivity contribution >= 4 is 56.4 Å². The van der Waals surface area contributed by atoms with Crippen LogP contribution >= 0.6 is 0 Å². The first-order valence-corrected chi connectivity index (χ1v) is 18.4. The molecule has 2 aliphatic heterocycles. The van der Waals surface area contributed by atoms with Crippen molar-refractivity contribution in [2.24, 2.45) is 0 Å². The van der Waals surface area contributed by atoms with Crippen molar-refractivity contribution in [2.45, 2.75) is 19.3 Å². The van der Waals surface area contributed by atoms with Crippen LogP contribution in [0.25, 0.3) is 27.5 Å². The molecule has 0 unspecified atom stereocenters. The molecule has 0 N–H and O–H groups in total. The Morgan fingerprint density at radius 3 is 2.04 bits per heavy atom. The summed E-state index contributed by atoms with van der Waals surface area (Å²) in [7, 11) is -0.718. The van der Waals surface area contributed by atoms with Gasteiger partial charge >= 0.3 is 0 Å². The fourth-order valence-corrected chi connectivity index (χ4v) is 13.7. The van der Waals surface area contributed by atoms with Crippen LogP contribution in [0.1, 0.15) is 25.0 Å². The number of benzene rings is 5. The molecule has 7 aromatic rings. The molecule has 5 aromatic carbocycles. The number of aromatic nitrogens is 2. The number of rotatable bonds is 4. The maximum Gasteiger partial charge on any atom is 0.202 e. The summed E-state index contributed by atoms with van der Waals surface area (Å²) in [6, 6.07) is 49.8. The van der Waals surface area contributed by atoms with E-state index in [0.717, 1.165) is 6.67 Å². The smallest absolute Gasteiger partial charge is 0.202 e. The Hall–Kier alpha value is -5.39. The van der Waals surface area contributed by atoms with Crippen molar-refractivity contribution in [2.75, 3.05) is 18.6 Å². The van der Waals surface area contributed by atoms with Gasteiger partial charge in [-0.2, -0.15) is 0 Å². The number of anilines is 1. The summed E-state index contributed by atoms with van der Waals surface area (Å²) >= 11 is 0. The van der Waals surface area contributed by atoms with Crippen molar-refractivity contribution in [1.29, 1.82) is 0 Å². The van der Waals surface area contributed by atoms with Crippen LogP contribution in [0.15, 0.2) is 152 Å². The maximum absolute atomic E-state index is 5.19. The molecule has 9 rings (SSSR count). The second kappa shape index (κ2) is 10.3. The molecule has 2 aliphatic rings. The average molecular weight is 625 g/mol. The highest BCUT2D eigenvalue weighted by molar-refractivity contribution is 7.20. The molecule has 4 heterocycles. The van der Waals surface area contributed by atoms with Gasteiger partial charge in [0, 0.05) is 58.5 Å². The Morgan fingerprint density at radius 1 is 0.617 bits per heavy atom. The van der Waals surface area contributed by atoms with E-state index in [0.29, 0.717) is 0 Å². The highest BCUT2D eigenvalue weighted by atomic mass is 28.3. The Morgan fingerprint density at radius 2 is 1.32 bits per heavy atom. The number of pyridine rings is 1. The number of para-hydroxylation sites is 1. The SMILES string of the molecule is CN1C=CN(c2ccc3c4ccccc4n(-c4cccc([Si]5(c6ccccn6)c6ccccc6C(C)(C)c6ccccc65)c4)c3c2)C1. The van der Waals surface area contributed by atoms with E-state index < -0.39 is 8.07 Å². The van der Waals surface area contributed by atoms with E-state index in [9.17, 15) is 0 Å². The summed E-state index contributed by atoms with van der Waals surface area (Å²) in [4.78, 5) is 9.69. The van der Waals surface area contributed by atoms with Gasteiger partial charge in [-0.3, -0.25) is 4.98 Å².